The molecule has 0 saturated carbocycles. The smallest absolute Gasteiger partial charge is 0.306 e. The van der Waals surface area contributed by atoms with Crippen LogP contribution in [0.15, 0.2) is 0 Å². The van der Waals surface area contributed by atoms with Crippen LogP contribution in [0.2, 0.25) is 0 Å². The predicted octanol–water partition coefficient (Wildman–Crippen LogP) is 9.01. The first-order valence-corrected chi connectivity index (χ1v) is 22.1. The minimum Gasteiger partial charge on any atom is -0.766 e. The topological polar surface area (TPSA) is 122 Å². The maximum absolute atomic E-state index is 12.6. The molecule has 0 radical (unpaired) electrons. The van der Waals surface area contributed by atoms with Gasteiger partial charge in [0, 0.05) is 12.8 Å². The predicted molar refractivity (Wildman–Crippen MR) is 200 cm³/mol. The molecule has 49 heavy (non-hydrogen) atoms. The second-order valence-electron chi connectivity index (χ2n) is 14.1. The van der Waals surface area contributed by atoms with E-state index >= 15 is 0 Å². The van der Waals surface area contributed by atoms with E-state index in [1.165, 1.54) is 135 Å². The van der Waals surface area contributed by atoms with Crippen molar-refractivity contribution in [1.82, 2.24) is 4.67 Å². The fourth-order valence-corrected chi connectivity index (χ4v) is 6.82. The van der Waals surface area contributed by atoms with E-state index in [-0.39, 0.29) is 25.6 Å². The molecule has 0 fully saturated rings. The van der Waals surface area contributed by atoms with Crippen molar-refractivity contribution in [3.8, 4) is 0 Å². The Hall–Kier alpha value is -0.990. The molecule has 0 spiro atoms. The number of ether oxygens (including phenoxy) is 2. The van der Waals surface area contributed by atoms with Crippen molar-refractivity contribution in [2.45, 2.75) is 200 Å². The molecule has 0 bridgehead atoms. The molecule has 0 saturated heterocycles. The van der Waals surface area contributed by atoms with Gasteiger partial charge in [-0.05, 0) is 19.9 Å². The Morgan fingerprint density at radius 1 is 0.612 bits per heavy atom. The van der Waals surface area contributed by atoms with Gasteiger partial charge in [0.15, 0.2) is 6.10 Å². The monoisotopic (exact) mass is 719 g/mol. The van der Waals surface area contributed by atoms with Crippen LogP contribution in [0.25, 0.3) is 0 Å². The van der Waals surface area contributed by atoms with Gasteiger partial charge in [-0.15, -0.1) is 0 Å². The minimum atomic E-state index is -4.32. The molecule has 0 aliphatic heterocycles. The summed E-state index contributed by atoms with van der Waals surface area (Å²) in [7, 11) is -0.996. The highest BCUT2D eigenvalue weighted by atomic mass is 31.2. The molecule has 2 unspecified atom stereocenters. The van der Waals surface area contributed by atoms with Crippen molar-refractivity contribution < 1.29 is 38.4 Å². The van der Waals surface area contributed by atoms with Gasteiger partial charge in [-0.3, -0.25) is 14.2 Å². The molecule has 0 aliphatic rings. The number of nitrogens with zero attached hydrogens (tertiary/aromatic N) is 1. The molecule has 2 atom stereocenters. The summed E-state index contributed by atoms with van der Waals surface area (Å²) in [6.45, 7) is 4.81. The summed E-state index contributed by atoms with van der Waals surface area (Å²) in [5.74, 6) is -0.777. The Labute approximate surface area is 302 Å². The molecule has 10 heteroatoms. The van der Waals surface area contributed by atoms with Crippen molar-refractivity contribution >= 4 is 19.7 Å². The summed E-state index contributed by atoms with van der Waals surface area (Å²) in [6.07, 6.45) is 31.4. The summed E-state index contributed by atoms with van der Waals surface area (Å²) in [6, 6.07) is 0. The molecular weight excluding hydrogens is 639 g/mol. The van der Waals surface area contributed by atoms with Crippen molar-refractivity contribution in [2.75, 3.05) is 40.4 Å². The van der Waals surface area contributed by atoms with Crippen molar-refractivity contribution in [2.24, 2.45) is 0 Å². The fraction of sp³-hybridized carbons (Fsp3) is 0.949. The summed E-state index contributed by atoms with van der Waals surface area (Å²) in [5, 5.41) is 1.88. The first kappa shape index (κ1) is 48.0. The Bertz CT molecular complexity index is 801. The number of likely N-dealkylation sites (N-methyl/N-ethyl adjacent to an activating group) is 2. The zero-order chi connectivity index (χ0) is 36.3. The Balaban J connectivity index is 4.34. The van der Waals surface area contributed by atoms with E-state index in [0.29, 0.717) is 19.5 Å². The Kier molecular flexibility index (Phi) is 34.7. The highest BCUT2D eigenvalue weighted by molar-refractivity contribution is 7.48. The van der Waals surface area contributed by atoms with E-state index in [1.807, 2.05) is 12.4 Å². The van der Waals surface area contributed by atoms with Gasteiger partial charge in [0.2, 0.25) is 7.75 Å². The number of carbonyl (C=O) groups excluding carboxylic acids is 2. The maximum atomic E-state index is 12.6. The SMILES string of the molecule is CCCCCCCCCCCCCCCC(=O)OCC(COP(=O)([O-])N(C)CC[NH2+]C)OC(=O)CCCCCCCCCCCCCCC. The van der Waals surface area contributed by atoms with Gasteiger partial charge in [-0.1, -0.05) is 168 Å². The average molecular weight is 719 g/mol. The highest BCUT2D eigenvalue weighted by Crippen LogP contribution is 2.40. The third-order valence-electron chi connectivity index (χ3n) is 9.28. The zero-order valence-electron chi connectivity index (χ0n) is 32.5. The van der Waals surface area contributed by atoms with Crippen LogP contribution in [0.3, 0.4) is 0 Å². The number of unbranched alkanes of at least 4 members (excludes halogenated alkanes) is 24. The summed E-state index contributed by atoms with van der Waals surface area (Å²) < 4.78 is 30.0. The number of esters is 2. The molecule has 292 valence electrons. The van der Waals surface area contributed by atoms with Gasteiger partial charge >= 0.3 is 11.9 Å². The number of rotatable bonds is 38. The molecule has 0 rings (SSSR count). The van der Waals surface area contributed by atoms with Crippen LogP contribution in [0.1, 0.15) is 194 Å². The first-order chi connectivity index (χ1) is 23.8. The van der Waals surface area contributed by atoms with Crippen LogP contribution in [-0.2, 0) is 28.2 Å². The van der Waals surface area contributed by atoms with Gasteiger partial charge in [0.1, 0.15) is 6.61 Å². The van der Waals surface area contributed by atoms with Crippen LogP contribution < -0.4 is 10.2 Å². The fourth-order valence-electron chi connectivity index (χ4n) is 5.91. The van der Waals surface area contributed by atoms with Crippen LogP contribution in [0.4, 0.5) is 0 Å². The Morgan fingerprint density at radius 3 is 1.37 bits per heavy atom. The van der Waals surface area contributed by atoms with Crippen molar-refractivity contribution in [3.05, 3.63) is 0 Å². The van der Waals surface area contributed by atoms with Crippen LogP contribution in [0.5, 0.6) is 0 Å². The second-order valence-corrected chi connectivity index (χ2v) is 16.0. The molecule has 0 heterocycles. The molecular formula is C39H79N2O7P. The maximum Gasteiger partial charge on any atom is 0.306 e. The molecule has 0 aliphatic carbocycles. The molecule has 0 aromatic heterocycles. The van der Waals surface area contributed by atoms with E-state index in [4.69, 9.17) is 14.0 Å². The highest BCUT2D eigenvalue weighted by Gasteiger charge is 2.23. The summed E-state index contributed by atoms with van der Waals surface area (Å²) in [4.78, 5) is 37.7. The Morgan fingerprint density at radius 2 is 0.980 bits per heavy atom. The van der Waals surface area contributed by atoms with Gasteiger partial charge in [-0.2, -0.15) is 0 Å². The van der Waals surface area contributed by atoms with Gasteiger partial charge in [0.25, 0.3) is 0 Å². The number of carbonyl (C=O) groups is 2. The number of nitrogens with two attached hydrogens (primary N) is 1. The van der Waals surface area contributed by atoms with Crippen LogP contribution in [0, 0.1) is 0 Å². The third-order valence-corrected chi connectivity index (χ3v) is 10.8. The van der Waals surface area contributed by atoms with Gasteiger partial charge in [0.05, 0.1) is 26.7 Å². The van der Waals surface area contributed by atoms with E-state index < -0.39 is 19.8 Å². The third kappa shape index (κ3) is 32.6. The van der Waals surface area contributed by atoms with E-state index in [0.717, 1.165) is 43.2 Å². The molecule has 2 N–H and O–H groups in total. The largest absolute Gasteiger partial charge is 0.766 e. The second kappa shape index (κ2) is 35.4. The molecule has 0 aromatic rings. The zero-order valence-corrected chi connectivity index (χ0v) is 33.4. The number of quaternary nitrogens is 1. The molecule has 9 nitrogen and oxygen atoms in total. The van der Waals surface area contributed by atoms with Crippen LogP contribution in [-0.4, -0.2) is 63.1 Å². The summed E-state index contributed by atoms with van der Waals surface area (Å²) in [5.41, 5.74) is 0. The lowest BCUT2D eigenvalue weighted by Gasteiger charge is -2.32. The van der Waals surface area contributed by atoms with Gasteiger partial charge in [-0.25, -0.2) is 4.67 Å². The lowest BCUT2D eigenvalue weighted by molar-refractivity contribution is -0.626. The van der Waals surface area contributed by atoms with E-state index in [9.17, 15) is 19.0 Å². The lowest BCUT2D eigenvalue weighted by atomic mass is 10.0. The lowest BCUT2D eigenvalue weighted by Crippen LogP contribution is -2.81. The van der Waals surface area contributed by atoms with E-state index in [1.54, 1.807) is 0 Å². The van der Waals surface area contributed by atoms with Gasteiger partial charge < -0.3 is 24.2 Å². The molecule has 0 aromatic carbocycles. The van der Waals surface area contributed by atoms with E-state index in [2.05, 4.69) is 13.8 Å². The average Bonchev–Trinajstić information content (AvgIpc) is 3.08. The number of hydrogen-bond donors (Lipinski definition) is 1. The first-order valence-electron chi connectivity index (χ1n) is 20.6. The van der Waals surface area contributed by atoms with Crippen molar-refractivity contribution in [1.29, 1.82) is 0 Å². The van der Waals surface area contributed by atoms with Crippen molar-refractivity contribution in [3.63, 3.8) is 0 Å². The number of hydrogen-bond acceptors (Lipinski definition) is 7. The normalized spacial score (nSPS) is 13.4. The standard InChI is InChI=1S/C39H79N2O7P/c1-5-7-9-11-13-15-17-19-21-23-25-27-29-31-38(42)46-35-37(36-47-49(44,45)41(4)34-33-40-3)48-39(43)32-30-28-26-24-22-20-18-16-14-12-10-8-6-2/h37,40H,5-36H2,1-4H3,(H,44,45). The summed E-state index contributed by atoms with van der Waals surface area (Å²) >= 11 is 0. The molecule has 0 amide bonds. The minimum absolute atomic E-state index is 0.214. The quantitative estimate of drug-likeness (QED) is 0.0381. The van der Waals surface area contributed by atoms with Crippen LogP contribution >= 0.6 is 7.75 Å².